The summed E-state index contributed by atoms with van der Waals surface area (Å²) < 4.78 is 13.5. The number of nitrogens with two attached hydrogens (primary N) is 1. The minimum absolute atomic E-state index is 0.0430. The van der Waals surface area contributed by atoms with Crippen LogP contribution in [0.5, 0.6) is 0 Å². The van der Waals surface area contributed by atoms with Crippen LogP contribution in [0.15, 0.2) is 36.4 Å². The fourth-order valence-corrected chi connectivity index (χ4v) is 1.81. The molecule has 0 saturated heterocycles. The van der Waals surface area contributed by atoms with Crippen molar-refractivity contribution in [1.82, 2.24) is 0 Å². The molecule has 0 spiro atoms. The van der Waals surface area contributed by atoms with Gasteiger partial charge < -0.3 is 11.1 Å². The van der Waals surface area contributed by atoms with Gasteiger partial charge in [0.05, 0.1) is 16.9 Å². The second-order valence-electron chi connectivity index (χ2n) is 4.12. The van der Waals surface area contributed by atoms with Gasteiger partial charge in [-0.2, -0.15) is 0 Å². The van der Waals surface area contributed by atoms with Gasteiger partial charge in [-0.05, 0) is 36.8 Å². The van der Waals surface area contributed by atoms with Crippen molar-refractivity contribution in [1.29, 1.82) is 0 Å². The van der Waals surface area contributed by atoms with E-state index in [4.69, 9.17) is 17.3 Å². The van der Waals surface area contributed by atoms with E-state index in [1.807, 2.05) is 0 Å². The molecule has 0 radical (unpaired) electrons. The van der Waals surface area contributed by atoms with Crippen molar-refractivity contribution >= 4 is 28.9 Å². The van der Waals surface area contributed by atoms with Crippen LogP contribution in [0.3, 0.4) is 0 Å². The van der Waals surface area contributed by atoms with Crippen LogP contribution in [0.2, 0.25) is 5.02 Å². The van der Waals surface area contributed by atoms with E-state index in [-0.39, 0.29) is 5.56 Å². The fourth-order valence-electron chi connectivity index (χ4n) is 1.65. The highest BCUT2D eigenvalue weighted by molar-refractivity contribution is 6.32. The molecule has 19 heavy (non-hydrogen) atoms. The molecule has 0 unspecified atom stereocenters. The first kappa shape index (κ1) is 13.4. The Morgan fingerprint density at radius 3 is 2.68 bits per heavy atom. The third-order valence-electron chi connectivity index (χ3n) is 2.70. The number of carbonyl (C=O) groups is 1. The number of aryl methyl sites for hydroxylation is 1. The second kappa shape index (κ2) is 5.28. The van der Waals surface area contributed by atoms with E-state index in [0.717, 1.165) is 5.56 Å². The van der Waals surface area contributed by atoms with Crippen molar-refractivity contribution in [2.75, 3.05) is 11.1 Å². The third-order valence-corrected chi connectivity index (χ3v) is 3.10. The zero-order valence-corrected chi connectivity index (χ0v) is 11.0. The summed E-state index contributed by atoms with van der Waals surface area (Å²) in [6, 6.07) is 8.92. The molecule has 98 valence electrons. The van der Waals surface area contributed by atoms with E-state index in [0.29, 0.717) is 16.4 Å². The lowest BCUT2D eigenvalue weighted by molar-refractivity contribution is 0.102. The Kier molecular flexibility index (Phi) is 3.71. The Labute approximate surface area is 115 Å². The largest absolute Gasteiger partial charge is 0.397 e. The highest BCUT2D eigenvalue weighted by atomic mass is 35.5. The highest BCUT2D eigenvalue weighted by Crippen LogP contribution is 2.27. The number of benzene rings is 2. The number of nitrogen functional groups attached to an aromatic ring is 1. The van der Waals surface area contributed by atoms with Gasteiger partial charge in [-0.15, -0.1) is 0 Å². The molecule has 0 aliphatic rings. The Morgan fingerprint density at radius 1 is 1.32 bits per heavy atom. The van der Waals surface area contributed by atoms with Gasteiger partial charge in [-0.1, -0.05) is 23.7 Å². The molecule has 1 amide bonds. The summed E-state index contributed by atoms with van der Waals surface area (Å²) >= 11 is 5.97. The molecule has 3 N–H and O–H groups in total. The molecule has 2 aromatic rings. The van der Waals surface area contributed by atoms with Crippen molar-refractivity contribution in [3.05, 3.63) is 58.4 Å². The molecular formula is C14H12ClFN2O. The summed E-state index contributed by atoms with van der Waals surface area (Å²) in [5.74, 6) is -1.15. The molecule has 0 aliphatic carbocycles. The minimum Gasteiger partial charge on any atom is -0.397 e. The molecule has 0 aliphatic heterocycles. The molecule has 0 atom stereocenters. The number of hydrogen-bond donors (Lipinski definition) is 2. The number of anilines is 2. The Morgan fingerprint density at radius 2 is 2.00 bits per heavy atom. The van der Waals surface area contributed by atoms with Gasteiger partial charge in [0.15, 0.2) is 0 Å². The number of nitrogens with one attached hydrogen (secondary N) is 1. The number of rotatable bonds is 2. The Balaban J connectivity index is 2.30. The average molecular weight is 279 g/mol. The molecule has 0 aromatic heterocycles. The monoisotopic (exact) mass is 278 g/mol. The van der Waals surface area contributed by atoms with Crippen LogP contribution < -0.4 is 11.1 Å². The first-order chi connectivity index (χ1) is 8.99. The topological polar surface area (TPSA) is 55.1 Å². The molecule has 0 bridgehead atoms. The van der Waals surface area contributed by atoms with Crippen molar-refractivity contribution in [2.45, 2.75) is 6.92 Å². The number of halogens is 2. The maximum atomic E-state index is 13.5. The van der Waals surface area contributed by atoms with E-state index in [1.54, 1.807) is 25.1 Å². The maximum absolute atomic E-state index is 13.5. The molecule has 3 nitrogen and oxygen atoms in total. The van der Waals surface area contributed by atoms with Crippen molar-refractivity contribution in [2.24, 2.45) is 0 Å². The predicted octanol–water partition coefficient (Wildman–Crippen LogP) is 3.62. The van der Waals surface area contributed by atoms with Crippen molar-refractivity contribution < 1.29 is 9.18 Å². The van der Waals surface area contributed by atoms with Gasteiger partial charge in [0.2, 0.25) is 0 Å². The normalized spacial score (nSPS) is 10.3. The summed E-state index contributed by atoms with van der Waals surface area (Å²) in [5.41, 5.74) is 7.30. The fraction of sp³-hybridized carbons (Fsp3) is 0.0714. The van der Waals surface area contributed by atoms with Crippen LogP contribution in [-0.4, -0.2) is 5.91 Å². The lowest BCUT2D eigenvalue weighted by Gasteiger charge is -2.10. The van der Waals surface area contributed by atoms with Gasteiger partial charge in [-0.25, -0.2) is 4.39 Å². The third kappa shape index (κ3) is 2.85. The zero-order chi connectivity index (χ0) is 14.0. The first-order valence-electron chi connectivity index (χ1n) is 5.60. The quantitative estimate of drug-likeness (QED) is 0.824. The summed E-state index contributed by atoms with van der Waals surface area (Å²) in [5, 5.41) is 3.03. The number of amides is 1. The molecule has 2 rings (SSSR count). The van der Waals surface area contributed by atoms with Gasteiger partial charge in [0, 0.05) is 5.02 Å². The highest BCUT2D eigenvalue weighted by Gasteiger charge is 2.13. The lowest BCUT2D eigenvalue weighted by atomic mass is 10.1. The molecule has 2 aromatic carbocycles. The van der Waals surface area contributed by atoms with Crippen LogP contribution in [0.25, 0.3) is 0 Å². The van der Waals surface area contributed by atoms with Crippen LogP contribution in [0, 0.1) is 12.7 Å². The van der Waals surface area contributed by atoms with Crippen LogP contribution >= 0.6 is 11.6 Å². The van der Waals surface area contributed by atoms with Crippen molar-refractivity contribution in [3.8, 4) is 0 Å². The standard InChI is InChI=1S/C14H12ClFN2O/c1-8-6-12(17)13(7-10(8)15)18-14(19)9-4-2-3-5-11(9)16/h2-7H,17H2,1H3,(H,18,19). The Hall–Kier alpha value is -2.07. The summed E-state index contributed by atoms with van der Waals surface area (Å²) in [6.45, 7) is 1.81. The van der Waals surface area contributed by atoms with E-state index >= 15 is 0 Å². The molecule has 5 heteroatoms. The van der Waals surface area contributed by atoms with E-state index in [1.165, 1.54) is 18.2 Å². The van der Waals surface area contributed by atoms with E-state index in [9.17, 15) is 9.18 Å². The number of carbonyl (C=O) groups excluding carboxylic acids is 1. The maximum Gasteiger partial charge on any atom is 0.258 e. The molecule has 0 fully saturated rings. The zero-order valence-electron chi connectivity index (χ0n) is 10.2. The lowest BCUT2D eigenvalue weighted by Crippen LogP contribution is -2.14. The average Bonchev–Trinajstić information content (AvgIpc) is 2.36. The molecular weight excluding hydrogens is 267 g/mol. The van der Waals surface area contributed by atoms with E-state index < -0.39 is 11.7 Å². The van der Waals surface area contributed by atoms with Crippen LogP contribution in [0.1, 0.15) is 15.9 Å². The van der Waals surface area contributed by atoms with Crippen molar-refractivity contribution in [3.63, 3.8) is 0 Å². The molecule has 0 saturated carbocycles. The predicted molar refractivity (Wildman–Crippen MR) is 75.0 cm³/mol. The first-order valence-corrected chi connectivity index (χ1v) is 5.98. The van der Waals surface area contributed by atoms with Gasteiger partial charge >= 0.3 is 0 Å². The SMILES string of the molecule is Cc1cc(N)c(NC(=O)c2ccccc2F)cc1Cl. The van der Waals surface area contributed by atoms with Gasteiger partial charge in [0.25, 0.3) is 5.91 Å². The number of hydrogen-bond acceptors (Lipinski definition) is 2. The minimum atomic E-state index is -0.586. The van der Waals surface area contributed by atoms with E-state index in [2.05, 4.69) is 5.32 Å². The van der Waals surface area contributed by atoms with Crippen LogP contribution in [0.4, 0.5) is 15.8 Å². The molecule has 0 heterocycles. The Bertz CT molecular complexity index is 643. The second-order valence-corrected chi connectivity index (χ2v) is 4.53. The summed E-state index contributed by atoms with van der Waals surface area (Å²) in [6.07, 6.45) is 0. The van der Waals surface area contributed by atoms with Crippen LogP contribution in [-0.2, 0) is 0 Å². The summed E-state index contributed by atoms with van der Waals surface area (Å²) in [7, 11) is 0. The summed E-state index contributed by atoms with van der Waals surface area (Å²) in [4.78, 5) is 11.9. The smallest absolute Gasteiger partial charge is 0.258 e. The van der Waals surface area contributed by atoms with Gasteiger partial charge in [0.1, 0.15) is 5.82 Å². The van der Waals surface area contributed by atoms with Gasteiger partial charge in [-0.3, -0.25) is 4.79 Å².